The molecular formula is C40H44ClFN2O8. The van der Waals surface area contributed by atoms with E-state index in [-0.39, 0.29) is 50.8 Å². The van der Waals surface area contributed by atoms with Gasteiger partial charge in [-0.2, -0.15) is 0 Å². The average Bonchev–Trinajstić information content (AvgIpc) is 3.45. The fraction of sp³-hybridized carbons (Fsp3) is 0.325. The van der Waals surface area contributed by atoms with Crippen LogP contribution >= 0.6 is 11.6 Å². The van der Waals surface area contributed by atoms with Crippen molar-refractivity contribution in [1.29, 1.82) is 0 Å². The zero-order chi connectivity index (χ0) is 37.6. The highest BCUT2D eigenvalue weighted by molar-refractivity contribution is 6.19. The zero-order valence-electron chi connectivity index (χ0n) is 29.3. The number of carbonyl (C=O) groups excluding carboxylic acids is 3. The number of benzene rings is 3. The summed E-state index contributed by atoms with van der Waals surface area (Å²) in [7, 11) is 0. The number of anilines is 1. The summed E-state index contributed by atoms with van der Waals surface area (Å²) in [5, 5.41) is 24.7. The van der Waals surface area contributed by atoms with Gasteiger partial charge in [0.2, 0.25) is 0 Å². The van der Waals surface area contributed by atoms with Crippen molar-refractivity contribution in [3.05, 3.63) is 114 Å². The van der Waals surface area contributed by atoms with Crippen LogP contribution in [0.3, 0.4) is 0 Å². The minimum Gasteiger partial charge on any atom is -0.461 e. The maximum atomic E-state index is 14.2. The Morgan fingerprint density at radius 3 is 2.08 bits per heavy atom. The molecule has 3 aromatic carbocycles. The topological polar surface area (TPSA) is 136 Å². The third-order valence-electron chi connectivity index (χ3n) is 7.98. The summed E-state index contributed by atoms with van der Waals surface area (Å²) in [5.74, 6) is -1.53. The Morgan fingerprint density at radius 2 is 1.46 bits per heavy atom. The predicted octanol–water partition coefficient (Wildman–Crippen LogP) is 8.07. The van der Waals surface area contributed by atoms with E-state index in [0.29, 0.717) is 28.1 Å². The van der Waals surface area contributed by atoms with Gasteiger partial charge in [-0.1, -0.05) is 74.0 Å². The van der Waals surface area contributed by atoms with Crippen LogP contribution in [0.1, 0.15) is 62.0 Å². The molecule has 0 aliphatic heterocycles. The number of alkyl halides is 1. The standard InChI is InChI=1S/C40H44ClFN2O8/c1-26(2)37-36(39(48)43-31-14-8-5-9-15-31)35(28-12-6-4-7-13-28)38(29-16-18-30(42)19-17-29)44(37)21-20-32(45)24-33(46)25-34(47)50-22-10-11-23-51-40(49)52-27(3)41/h4-19,26-27,32-33,45-46H,20-25H2,1-3H3,(H,43,48)/b11-10-/t27?,32-,33-/m1/s1. The van der Waals surface area contributed by atoms with Crippen molar-refractivity contribution in [1.82, 2.24) is 4.57 Å². The molecule has 4 aromatic rings. The molecule has 0 fully saturated rings. The monoisotopic (exact) mass is 734 g/mol. The minimum absolute atomic E-state index is 0.100. The molecule has 0 bridgehead atoms. The van der Waals surface area contributed by atoms with Gasteiger partial charge in [0.05, 0.1) is 29.9 Å². The molecule has 1 aromatic heterocycles. The average molecular weight is 735 g/mol. The number of para-hydroxylation sites is 1. The van der Waals surface area contributed by atoms with Crippen LogP contribution in [0.4, 0.5) is 14.9 Å². The van der Waals surface area contributed by atoms with Gasteiger partial charge in [-0.3, -0.25) is 9.59 Å². The van der Waals surface area contributed by atoms with Crippen LogP contribution in [0.25, 0.3) is 22.4 Å². The second-order valence-corrected chi connectivity index (χ2v) is 13.0. The number of aliphatic hydroxyl groups excluding tert-OH is 2. The maximum absolute atomic E-state index is 14.2. The van der Waals surface area contributed by atoms with Gasteiger partial charge in [0.1, 0.15) is 19.0 Å². The lowest BCUT2D eigenvalue weighted by Gasteiger charge is -2.20. The number of halogens is 2. The van der Waals surface area contributed by atoms with Crippen molar-refractivity contribution in [2.24, 2.45) is 0 Å². The van der Waals surface area contributed by atoms with Crippen LogP contribution < -0.4 is 5.32 Å². The van der Waals surface area contributed by atoms with Gasteiger partial charge in [-0.05, 0) is 85.4 Å². The molecule has 4 rings (SSSR count). The summed E-state index contributed by atoms with van der Waals surface area (Å²) >= 11 is 5.54. The first kappa shape index (κ1) is 39.8. The minimum atomic E-state index is -1.18. The van der Waals surface area contributed by atoms with Crippen LogP contribution in [0.2, 0.25) is 0 Å². The van der Waals surface area contributed by atoms with Crippen molar-refractivity contribution in [3.63, 3.8) is 0 Å². The summed E-state index contributed by atoms with van der Waals surface area (Å²) in [4.78, 5) is 37.8. The van der Waals surface area contributed by atoms with Crippen molar-refractivity contribution in [3.8, 4) is 22.4 Å². The van der Waals surface area contributed by atoms with Gasteiger partial charge in [-0.25, -0.2) is 9.18 Å². The first-order valence-corrected chi connectivity index (χ1v) is 17.5. The van der Waals surface area contributed by atoms with Gasteiger partial charge in [0, 0.05) is 23.5 Å². The van der Waals surface area contributed by atoms with E-state index in [4.69, 9.17) is 21.1 Å². The lowest BCUT2D eigenvalue weighted by atomic mass is 9.94. The number of rotatable bonds is 17. The highest BCUT2D eigenvalue weighted by atomic mass is 35.5. The predicted molar refractivity (Wildman–Crippen MR) is 197 cm³/mol. The van der Waals surface area contributed by atoms with Crippen molar-refractivity contribution < 1.29 is 43.2 Å². The van der Waals surface area contributed by atoms with E-state index in [2.05, 4.69) is 10.1 Å². The van der Waals surface area contributed by atoms with Gasteiger partial charge in [0.15, 0.2) is 5.56 Å². The van der Waals surface area contributed by atoms with Gasteiger partial charge in [-0.15, -0.1) is 0 Å². The Balaban J connectivity index is 1.54. The molecule has 0 spiro atoms. The molecule has 0 saturated carbocycles. The Hall–Kier alpha value is -4.97. The second-order valence-electron chi connectivity index (χ2n) is 12.4. The van der Waals surface area contributed by atoms with Crippen LogP contribution in [0.15, 0.2) is 97.1 Å². The second kappa shape index (κ2) is 19.6. The van der Waals surface area contributed by atoms with Crippen LogP contribution in [-0.4, -0.2) is 63.8 Å². The lowest BCUT2D eigenvalue weighted by Crippen LogP contribution is -2.23. The van der Waals surface area contributed by atoms with Crippen molar-refractivity contribution in [2.75, 3.05) is 18.5 Å². The molecule has 12 heteroatoms. The number of amides is 1. The Labute approximate surface area is 307 Å². The lowest BCUT2D eigenvalue weighted by molar-refractivity contribution is -0.145. The van der Waals surface area contributed by atoms with E-state index in [1.165, 1.54) is 31.2 Å². The normalized spacial score (nSPS) is 13.1. The van der Waals surface area contributed by atoms with E-state index in [0.717, 1.165) is 11.3 Å². The molecule has 1 heterocycles. The molecule has 0 radical (unpaired) electrons. The number of hydrogen-bond donors (Lipinski definition) is 3. The SMILES string of the molecule is CC(Cl)OC(=O)OC/C=C\COC(=O)C[C@H](O)C[C@H](O)CCn1c(-c2ccc(F)cc2)c(-c2ccccc2)c(C(=O)Nc2ccccc2)c1C(C)C. The Kier molecular flexibility index (Phi) is 15.0. The largest absolute Gasteiger partial charge is 0.510 e. The molecule has 3 atom stereocenters. The number of aromatic nitrogens is 1. The molecule has 3 N–H and O–H groups in total. The summed E-state index contributed by atoms with van der Waals surface area (Å²) in [5.41, 5.74) is 3.83. The Bertz CT molecular complexity index is 1790. The number of nitrogens with one attached hydrogen (secondary N) is 1. The smallest absolute Gasteiger partial charge is 0.461 e. The first-order chi connectivity index (χ1) is 24.9. The first-order valence-electron chi connectivity index (χ1n) is 17.0. The molecular weight excluding hydrogens is 691 g/mol. The molecule has 0 saturated heterocycles. The highest BCUT2D eigenvalue weighted by Gasteiger charge is 2.31. The third-order valence-corrected chi connectivity index (χ3v) is 8.07. The Morgan fingerprint density at radius 1 is 0.846 bits per heavy atom. The maximum Gasteiger partial charge on any atom is 0.510 e. The van der Waals surface area contributed by atoms with Crippen LogP contribution in [0, 0.1) is 5.82 Å². The van der Waals surface area contributed by atoms with E-state index in [9.17, 15) is 29.0 Å². The quantitative estimate of drug-likeness (QED) is 0.0563. The molecule has 52 heavy (non-hydrogen) atoms. The van der Waals surface area contributed by atoms with Crippen LogP contribution in [0.5, 0.6) is 0 Å². The van der Waals surface area contributed by atoms with Crippen molar-refractivity contribution in [2.45, 2.75) is 70.3 Å². The number of aliphatic hydroxyl groups is 2. The van der Waals surface area contributed by atoms with E-state index in [1.54, 1.807) is 24.3 Å². The number of nitrogens with zero attached hydrogens (tertiary/aromatic N) is 1. The number of ether oxygens (including phenoxy) is 3. The van der Waals surface area contributed by atoms with Gasteiger partial charge >= 0.3 is 12.1 Å². The van der Waals surface area contributed by atoms with E-state index >= 15 is 0 Å². The van der Waals surface area contributed by atoms with Gasteiger partial charge in [0.25, 0.3) is 5.91 Å². The van der Waals surface area contributed by atoms with Crippen molar-refractivity contribution >= 4 is 35.3 Å². The molecule has 0 aliphatic carbocycles. The van der Waals surface area contributed by atoms with E-state index < -0.39 is 35.7 Å². The van der Waals surface area contributed by atoms with Crippen LogP contribution in [-0.2, 0) is 25.5 Å². The number of esters is 1. The summed E-state index contributed by atoms with van der Waals surface area (Å²) in [6.07, 6.45) is -0.462. The molecule has 0 aliphatic rings. The molecule has 10 nitrogen and oxygen atoms in total. The molecule has 1 amide bonds. The highest BCUT2D eigenvalue weighted by Crippen LogP contribution is 2.42. The number of carbonyl (C=O) groups is 3. The summed E-state index contributed by atoms with van der Waals surface area (Å²) in [6.45, 7) is 5.47. The molecule has 1 unspecified atom stereocenters. The summed E-state index contributed by atoms with van der Waals surface area (Å²) < 4.78 is 30.7. The number of hydrogen-bond acceptors (Lipinski definition) is 8. The fourth-order valence-electron chi connectivity index (χ4n) is 5.81. The fourth-order valence-corrected chi connectivity index (χ4v) is 5.89. The van der Waals surface area contributed by atoms with E-state index in [1.807, 2.05) is 66.9 Å². The zero-order valence-corrected chi connectivity index (χ0v) is 30.1. The molecule has 276 valence electrons. The van der Waals surface area contributed by atoms with Gasteiger partial charge < -0.3 is 34.3 Å². The third kappa shape index (κ3) is 11.5. The summed E-state index contributed by atoms with van der Waals surface area (Å²) in [6, 6.07) is 24.7.